The number of hydrogen-bond acceptors (Lipinski definition) is 6. The SMILES string of the molecule is COC(=O)c1ccc(-c2ccc(/C=N\N3C(=O)[C@@H]4C5c6ccccc6C(c6ccccc65)[C@@H]4C3=O)o2)cc1. The summed E-state index contributed by atoms with van der Waals surface area (Å²) in [6.07, 6.45) is 1.40. The number of furan rings is 1. The van der Waals surface area contributed by atoms with Gasteiger partial charge in [0.05, 0.1) is 30.7 Å². The number of carbonyl (C=O) groups is 3. The summed E-state index contributed by atoms with van der Waals surface area (Å²) in [5, 5.41) is 5.34. The molecule has 0 spiro atoms. The Labute approximate surface area is 218 Å². The van der Waals surface area contributed by atoms with Crippen LogP contribution < -0.4 is 0 Å². The van der Waals surface area contributed by atoms with Crippen molar-refractivity contribution in [3.05, 3.63) is 119 Å². The second-order valence-corrected chi connectivity index (χ2v) is 9.77. The molecule has 0 N–H and O–H groups in total. The van der Waals surface area contributed by atoms with Gasteiger partial charge in [-0.25, -0.2) is 4.79 Å². The maximum Gasteiger partial charge on any atom is 0.337 e. The highest BCUT2D eigenvalue weighted by Crippen LogP contribution is 2.60. The average Bonchev–Trinajstić information content (AvgIpc) is 3.54. The summed E-state index contributed by atoms with van der Waals surface area (Å²) in [7, 11) is 1.33. The third kappa shape index (κ3) is 3.14. The fraction of sp³-hybridized carbons (Fsp3) is 0.161. The zero-order chi connectivity index (χ0) is 26.0. The standard InChI is InChI=1S/C31H22N2O5/c1-37-31(36)18-12-10-17(11-13-18)24-15-14-19(38-24)16-32-33-29(34)27-25-20-6-2-3-7-21(20)26(28(27)30(33)35)23-9-5-4-8-22(23)25/h2-16,25-28H,1H3/b32-16-/t25?,26?,27-,28+. The highest BCUT2D eigenvalue weighted by Gasteiger charge is 2.61. The minimum Gasteiger partial charge on any atom is -0.465 e. The number of amides is 2. The van der Waals surface area contributed by atoms with Crippen LogP contribution in [0.4, 0.5) is 0 Å². The number of methoxy groups -OCH3 is 1. The van der Waals surface area contributed by atoms with Crippen LogP contribution in [0, 0.1) is 11.8 Å². The summed E-state index contributed by atoms with van der Waals surface area (Å²) in [5.74, 6) is -1.29. The molecule has 38 heavy (non-hydrogen) atoms. The predicted octanol–water partition coefficient (Wildman–Crippen LogP) is 4.96. The van der Waals surface area contributed by atoms with Crippen molar-refractivity contribution in [1.82, 2.24) is 5.01 Å². The van der Waals surface area contributed by atoms with Crippen molar-refractivity contribution in [2.24, 2.45) is 16.9 Å². The molecule has 2 bridgehead atoms. The van der Waals surface area contributed by atoms with Crippen LogP contribution in [0.5, 0.6) is 0 Å². The molecule has 1 fully saturated rings. The van der Waals surface area contributed by atoms with E-state index in [9.17, 15) is 14.4 Å². The number of hydrazone groups is 1. The lowest BCUT2D eigenvalue weighted by Crippen LogP contribution is -2.41. The average molecular weight is 503 g/mol. The van der Waals surface area contributed by atoms with Crippen molar-refractivity contribution in [1.29, 1.82) is 0 Å². The molecule has 2 heterocycles. The van der Waals surface area contributed by atoms with E-state index in [1.54, 1.807) is 36.4 Å². The number of esters is 1. The molecule has 0 unspecified atom stereocenters. The van der Waals surface area contributed by atoms with Crippen molar-refractivity contribution in [2.45, 2.75) is 11.8 Å². The first-order valence-corrected chi connectivity index (χ1v) is 12.4. The number of ether oxygens (including phenoxy) is 1. The molecule has 1 aromatic heterocycles. The zero-order valence-electron chi connectivity index (χ0n) is 20.4. The molecular formula is C31H22N2O5. The fourth-order valence-electron chi connectivity index (χ4n) is 6.36. The Balaban J connectivity index is 1.18. The first kappa shape index (κ1) is 22.4. The second-order valence-electron chi connectivity index (χ2n) is 9.77. The molecule has 186 valence electrons. The zero-order valence-corrected chi connectivity index (χ0v) is 20.4. The number of benzene rings is 3. The van der Waals surface area contributed by atoms with E-state index in [-0.39, 0.29) is 23.7 Å². The Morgan fingerprint density at radius 1 is 0.789 bits per heavy atom. The third-order valence-electron chi connectivity index (χ3n) is 7.94. The molecule has 4 aliphatic rings. The summed E-state index contributed by atoms with van der Waals surface area (Å²) in [5.41, 5.74) is 5.70. The van der Waals surface area contributed by atoms with Gasteiger partial charge in [0.25, 0.3) is 11.8 Å². The molecule has 2 amide bonds. The lowest BCUT2D eigenvalue weighted by atomic mass is 9.55. The van der Waals surface area contributed by atoms with E-state index < -0.39 is 17.8 Å². The summed E-state index contributed by atoms with van der Waals surface area (Å²) < 4.78 is 10.6. The smallest absolute Gasteiger partial charge is 0.337 e. The van der Waals surface area contributed by atoms with Crippen molar-refractivity contribution in [2.75, 3.05) is 7.11 Å². The maximum absolute atomic E-state index is 13.6. The maximum atomic E-state index is 13.6. The summed E-state index contributed by atoms with van der Waals surface area (Å²) in [6.45, 7) is 0. The molecule has 1 saturated heterocycles. The number of rotatable bonds is 4. The number of nitrogens with zero attached hydrogens (tertiary/aromatic N) is 2. The normalized spacial score (nSPS) is 22.9. The first-order valence-electron chi connectivity index (χ1n) is 12.4. The van der Waals surface area contributed by atoms with Gasteiger partial charge in [0.1, 0.15) is 11.5 Å². The topological polar surface area (TPSA) is 89.2 Å². The molecule has 3 aliphatic carbocycles. The van der Waals surface area contributed by atoms with Gasteiger partial charge in [0.15, 0.2) is 0 Å². The largest absolute Gasteiger partial charge is 0.465 e. The number of carbonyl (C=O) groups excluding carboxylic acids is 3. The Bertz CT molecular complexity index is 1540. The Hall–Kier alpha value is -4.78. The molecule has 3 aromatic carbocycles. The van der Waals surface area contributed by atoms with Crippen LogP contribution >= 0.6 is 0 Å². The Morgan fingerprint density at radius 3 is 1.82 bits per heavy atom. The van der Waals surface area contributed by atoms with Gasteiger partial charge < -0.3 is 9.15 Å². The molecule has 2 atom stereocenters. The number of imide groups is 1. The van der Waals surface area contributed by atoms with Crippen molar-refractivity contribution in [3.8, 4) is 11.3 Å². The van der Waals surface area contributed by atoms with Gasteiger partial charge >= 0.3 is 5.97 Å². The van der Waals surface area contributed by atoms with Crippen LogP contribution in [-0.2, 0) is 14.3 Å². The fourth-order valence-corrected chi connectivity index (χ4v) is 6.36. The van der Waals surface area contributed by atoms with E-state index in [4.69, 9.17) is 9.15 Å². The van der Waals surface area contributed by atoms with Gasteiger partial charge in [0, 0.05) is 17.4 Å². The van der Waals surface area contributed by atoms with E-state index in [1.165, 1.54) is 13.3 Å². The molecule has 1 aliphatic heterocycles. The number of hydrogen-bond donors (Lipinski definition) is 0. The highest BCUT2D eigenvalue weighted by atomic mass is 16.5. The monoisotopic (exact) mass is 502 g/mol. The van der Waals surface area contributed by atoms with E-state index in [1.807, 2.05) is 24.3 Å². The molecule has 4 aromatic rings. The molecule has 0 radical (unpaired) electrons. The van der Waals surface area contributed by atoms with Gasteiger partial charge in [-0.1, -0.05) is 60.7 Å². The van der Waals surface area contributed by atoms with Crippen LogP contribution in [0.3, 0.4) is 0 Å². The molecule has 0 saturated carbocycles. The van der Waals surface area contributed by atoms with E-state index in [0.29, 0.717) is 17.1 Å². The quantitative estimate of drug-likeness (QED) is 0.224. The summed E-state index contributed by atoms with van der Waals surface area (Å²) >= 11 is 0. The van der Waals surface area contributed by atoms with Gasteiger partial charge in [-0.2, -0.15) is 10.1 Å². The van der Waals surface area contributed by atoms with Gasteiger partial charge in [-0.05, 0) is 46.5 Å². The molecule has 7 heteroatoms. The van der Waals surface area contributed by atoms with Crippen LogP contribution in [0.2, 0.25) is 0 Å². The summed E-state index contributed by atoms with van der Waals surface area (Å²) in [6, 6.07) is 26.6. The minimum atomic E-state index is -0.477. The lowest BCUT2D eigenvalue weighted by molar-refractivity contribution is -0.139. The molecular weight excluding hydrogens is 480 g/mol. The van der Waals surface area contributed by atoms with E-state index >= 15 is 0 Å². The lowest BCUT2D eigenvalue weighted by Gasteiger charge is -2.45. The van der Waals surface area contributed by atoms with Crippen LogP contribution in [-0.4, -0.2) is 36.1 Å². The van der Waals surface area contributed by atoms with E-state index in [0.717, 1.165) is 32.8 Å². The van der Waals surface area contributed by atoms with Crippen LogP contribution in [0.25, 0.3) is 11.3 Å². The highest BCUT2D eigenvalue weighted by molar-refractivity contribution is 6.08. The Morgan fingerprint density at radius 2 is 1.32 bits per heavy atom. The van der Waals surface area contributed by atoms with Gasteiger partial charge in [0.2, 0.25) is 0 Å². The van der Waals surface area contributed by atoms with Crippen LogP contribution in [0.15, 0.2) is 94.4 Å². The summed E-state index contributed by atoms with van der Waals surface area (Å²) in [4.78, 5) is 39.0. The molecule has 7 nitrogen and oxygen atoms in total. The van der Waals surface area contributed by atoms with Gasteiger partial charge in [-0.15, -0.1) is 0 Å². The van der Waals surface area contributed by atoms with Crippen molar-refractivity contribution >= 4 is 24.0 Å². The van der Waals surface area contributed by atoms with Gasteiger partial charge in [-0.3, -0.25) is 9.59 Å². The minimum absolute atomic E-state index is 0.169. The second kappa shape index (κ2) is 8.38. The third-order valence-corrected chi connectivity index (χ3v) is 7.94. The van der Waals surface area contributed by atoms with Crippen molar-refractivity contribution < 1.29 is 23.5 Å². The van der Waals surface area contributed by atoms with Crippen molar-refractivity contribution in [3.63, 3.8) is 0 Å². The molecule has 8 rings (SSSR count). The van der Waals surface area contributed by atoms with E-state index in [2.05, 4.69) is 29.4 Å². The first-order chi connectivity index (χ1) is 18.6. The predicted molar refractivity (Wildman–Crippen MR) is 138 cm³/mol. The van der Waals surface area contributed by atoms with Crippen LogP contribution in [0.1, 0.15) is 50.2 Å². The Kier molecular flexibility index (Phi) is 4.94.